The van der Waals surface area contributed by atoms with Crippen LogP contribution in [0.4, 0.5) is 5.95 Å². The van der Waals surface area contributed by atoms with Gasteiger partial charge in [0.1, 0.15) is 22.2 Å². The second-order valence-corrected chi connectivity index (χ2v) is 13.0. The Morgan fingerprint density at radius 2 is 1.61 bits per heavy atom. The van der Waals surface area contributed by atoms with E-state index in [9.17, 15) is 9.59 Å². The van der Waals surface area contributed by atoms with Crippen LogP contribution in [0.15, 0.2) is 94.5 Å². The molecule has 0 saturated carbocycles. The van der Waals surface area contributed by atoms with E-state index in [0.29, 0.717) is 11.6 Å². The fraction of sp³-hybridized carbons (Fsp3) is 0.361. The van der Waals surface area contributed by atoms with E-state index in [-0.39, 0.29) is 39.1 Å². The molecule has 3 N–H and O–H groups in total. The summed E-state index contributed by atoms with van der Waals surface area (Å²) >= 11 is 0.908. The highest BCUT2D eigenvalue weighted by Crippen LogP contribution is 2.42. The quantitative estimate of drug-likeness (QED) is 0.150. The predicted octanol–water partition coefficient (Wildman–Crippen LogP) is 6.12. The Labute approximate surface area is 272 Å². The van der Waals surface area contributed by atoms with Gasteiger partial charge in [-0.3, -0.25) is 19.1 Å². The van der Waals surface area contributed by atoms with E-state index in [4.69, 9.17) is 14.5 Å². The van der Waals surface area contributed by atoms with Crippen LogP contribution < -0.4 is 25.8 Å². The van der Waals surface area contributed by atoms with E-state index in [2.05, 4.69) is 36.4 Å². The number of hydrogen-bond acceptors (Lipinski definition) is 8. The van der Waals surface area contributed by atoms with Crippen LogP contribution in [-0.2, 0) is 10.3 Å². The van der Waals surface area contributed by atoms with Crippen LogP contribution in [0.2, 0.25) is 0 Å². The first-order chi connectivity index (χ1) is 22.3. The molecule has 1 saturated heterocycles. The summed E-state index contributed by atoms with van der Waals surface area (Å²) in [7, 11) is 3.56. The number of benzene rings is 3. The number of fused-ring (bicyclic) bond motifs is 1. The maximum Gasteiger partial charge on any atom is 0.311 e. The zero-order valence-electron chi connectivity index (χ0n) is 26.8. The van der Waals surface area contributed by atoms with E-state index in [0.717, 1.165) is 46.6 Å². The lowest BCUT2D eigenvalue weighted by Crippen LogP contribution is -2.39. The van der Waals surface area contributed by atoms with E-state index in [1.165, 1.54) is 0 Å². The van der Waals surface area contributed by atoms with Crippen molar-refractivity contribution in [2.75, 3.05) is 19.5 Å². The average molecular weight is 640 g/mol. The molecule has 0 bridgehead atoms. The van der Waals surface area contributed by atoms with Gasteiger partial charge < -0.3 is 20.1 Å². The molecule has 0 amide bonds. The zero-order valence-corrected chi connectivity index (χ0v) is 27.6. The second-order valence-electron chi connectivity index (χ2n) is 12.1. The second kappa shape index (κ2) is 13.2. The summed E-state index contributed by atoms with van der Waals surface area (Å²) in [6.07, 6.45) is 1.22. The molecular formula is C36H41N5O4S. The topological polar surface area (TPSA) is 110 Å². The molecule has 1 fully saturated rings. The molecule has 5 atom stereocenters. The number of thiazole rings is 1. The highest BCUT2D eigenvalue weighted by atomic mass is 32.1. The maximum atomic E-state index is 13.7. The summed E-state index contributed by atoms with van der Waals surface area (Å²) < 4.78 is 14.0. The highest BCUT2D eigenvalue weighted by Gasteiger charge is 2.43. The van der Waals surface area contributed by atoms with Crippen LogP contribution in [0.1, 0.15) is 56.5 Å². The number of nitrogens with one attached hydrogen (secondary N) is 3. The largest absolute Gasteiger partial charge is 0.497 e. The number of nitrogens with zero attached hydrogens (tertiary/aromatic N) is 2. The maximum absolute atomic E-state index is 13.7. The average Bonchev–Trinajstić information content (AvgIpc) is 3.68. The van der Waals surface area contributed by atoms with Gasteiger partial charge in [-0.2, -0.15) is 4.98 Å². The lowest BCUT2D eigenvalue weighted by Gasteiger charge is -2.37. The number of rotatable bonds is 11. The molecule has 6 rings (SSSR count). The molecule has 46 heavy (non-hydrogen) atoms. The van der Waals surface area contributed by atoms with Crippen molar-refractivity contribution in [2.45, 2.75) is 57.5 Å². The van der Waals surface area contributed by atoms with E-state index >= 15 is 0 Å². The molecule has 3 heterocycles. The Kier molecular flexibility index (Phi) is 9.13. The monoisotopic (exact) mass is 639 g/mol. The molecule has 0 radical (unpaired) electrons. The molecule has 10 heteroatoms. The summed E-state index contributed by atoms with van der Waals surface area (Å²) in [6, 6.07) is 28.0. The van der Waals surface area contributed by atoms with Crippen molar-refractivity contribution in [1.29, 1.82) is 0 Å². The predicted molar refractivity (Wildman–Crippen MR) is 184 cm³/mol. The molecule has 5 aromatic rings. The first-order valence-corrected chi connectivity index (χ1v) is 16.6. The van der Waals surface area contributed by atoms with Crippen molar-refractivity contribution in [3.8, 4) is 5.75 Å². The molecule has 1 aliphatic rings. The molecular weight excluding hydrogens is 598 g/mol. The van der Waals surface area contributed by atoms with Gasteiger partial charge in [0, 0.05) is 12.0 Å². The third-order valence-electron chi connectivity index (χ3n) is 9.53. The number of anilines is 1. The minimum absolute atomic E-state index is 0.00359. The van der Waals surface area contributed by atoms with Gasteiger partial charge in [0.05, 0.1) is 13.2 Å². The summed E-state index contributed by atoms with van der Waals surface area (Å²) in [5.41, 5.74) is 1.76. The van der Waals surface area contributed by atoms with Crippen LogP contribution in [0.5, 0.6) is 5.75 Å². The minimum Gasteiger partial charge on any atom is -0.497 e. The third-order valence-corrected chi connectivity index (χ3v) is 10.5. The number of methoxy groups -OCH3 is 1. The summed E-state index contributed by atoms with van der Waals surface area (Å²) in [5, 5.41) is 7.01. The molecule has 1 aliphatic heterocycles. The SMILES string of the molecule is CC[C@H](C)[C@@H]1C[C@@H]([C@@H](C)NC)[C@H](n2c(=O)sc3c(=O)[nH]c(NC(c4ccccc4)(c4ccccc4)c4ccc(OC)cc4)nc32)O1. The van der Waals surface area contributed by atoms with Crippen molar-refractivity contribution in [3.05, 3.63) is 122 Å². The Bertz CT molecular complexity index is 1850. The van der Waals surface area contributed by atoms with Crippen molar-refractivity contribution in [3.63, 3.8) is 0 Å². The summed E-state index contributed by atoms with van der Waals surface area (Å²) in [6.45, 7) is 6.44. The van der Waals surface area contributed by atoms with Gasteiger partial charge in [-0.25, -0.2) is 0 Å². The van der Waals surface area contributed by atoms with Crippen molar-refractivity contribution in [1.82, 2.24) is 19.9 Å². The van der Waals surface area contributed by atoms with Crippen LogP contribution in [0.25, 0.3) is 10.3 Å². The Morgan fingerprint density at radius 1 is 1.00 bits per heavy atom. The minimum atomic E-state index is -0.964. The van der Waals surface area contributed by atoms with Crippen LogP contribution >= 0.6 is 11.3 Å². The van der Waals surface area contributed by atoms with Crippen molar-refractivity contribution >= 4 is 27.6 Å². The first-order valence-electron chi connectivity index (χ1n) is 15.8. The van der Waals surface area contributed by atoms with E-state index in [1.54, 1.807) is 11.7 Å². The molecule has 240 valence electrons. The third kappa shape index (κ3) is 5.65. The zero-order chi connectivity index (χ0) is 32.4. The van der Waals surface area contributed by atoms with E-state index < -0.39 is 11.8 Å². The lowest BCUT2D eigenvalue weighted by atomic mass is 9.77. The fourth-order valence-electron chi connectivity index (χ4n) is 6.59. The smallest absolute Gasteiger partial charge is 0.311 e. The number of aromatic nitrogens is 3. The standard InChI is InChI=1S/C36H41N5O4S/c1-6-22(2)29-21-28(23(3)37-4)33(45-29)41-31-30(46-35(41)43)32(42)39-34(38-31)40-36(24-13-9-7-10-14-24,25-15-11-8-12-16-25)26-17-19-27(44-5)20-18-26/h7-20,22-23,28-29,33,37H,6,21H2,1-5H3,(H2,38,39,40,42)/t22-,23+,28-,29-,33+/m0/s1. The molecule has 3 aromatic carbocycles. The van der Waals surface area contributed by atoms with Gasteiger partial charge in [0.2, 0.25) is 5.95 Å². The molecule has 0 aliphatic carbocycles. The molecule has 9 nitrogen and oxygen atoms in total. The number of ether oxygens (including phenoxy) is 2. The van der Waals surface area contributed by atoms with Crippen molar-refractivity contribution in [2.24, 2.45) is 11.8 Å². The van der Waals surface area contributed by atoms with Crippen LogP contribution in [-0.4, -0.2) is 40.8 Å². The van der Waals surface area contributed by atoms with Gasteiger partial charge in [0.15, 0.2) is 5.65 Å². The van der Waals surface area contributed by atoms with Gasteiger partial charge in [-0.05, 0) is 55.1 Å². The van der Waals surface area contributed by atoms with Gasteiger partial charge in [-0.1, -0.05) is 104 Å². The van der Waals surface area contributed by atoms with Crippen LogP contribution in [0, 0.1) is 11.8 Å². The number of H-pyrrole nitrogens is 1. The Balaban J connectivity index is 1.55. The van der Waals surface area contributed by atoms with Gasteiger partial charge in [-0.15, -0.1) is 0 Å². The van der Waals surface area contributed by atoms with Crippen molar-refractivity contribution < 1.29 is 9.47 Å². The fourth-order valence-corrected chi connectivity index (χ4v) is 7.43. The van der Waals surface area contributed by atoms with Gasteiger partial charge in [0.25, 0.3) is 5.56 Å². The molecule has 0 spiro atoms. The normalized spacial score (nSPS) is 19.6. The summed E-state index contributed by atoms with van der Waals surface area (Å²) in [4.78, 5) is 35.0. The van der Waals surface area contributed by atoms with Gasteiger partial charge >= 0.3 is 4.87 Å². The highest BCUT2D eigenvalue weighted by molar-refractivity contribution is 7.16. The molecule has 2 aromatic heterocycles. The summed E-state index contributed by atoms with van der Waals surface area (Å²) in [5.74, 6) is 1.31. The Hall–Kier alpha value is -4.25. The number of hydrogen-bond donors (Lipinski definition) is 3. The first kappa shape index (κ1) is 31.7. The lowest BCUT2D eigenvalue weighted by molar-refractivity contribution is -0.0354. The van der Waals surface area contributed by atoms with Crippen LogP contribution in [0.3, 0.4) is 0 Å². The Morgan fingerprint density at radius 3 is 2.17 bits per heavy atom. The number of aromatic amines is 1. The molecule has 0 unspecified atom stereocenters. The van der Waals surface area contributed by atoms with E-state index in [1.807, 2.05) is 92.0 Å².